The van der Waals surface area contributed by atoms with Gasteiger partial charge in [-0.3, -0.25) is 4.90 Å². The molecule has 1 aliphatic heterocycles. The van der Waals surface area contributed by atoms with E-state index in [1.807, 2.05) is 24.3 Å². The second kappa shape index (κ2) is 6.26. The van der Waals surface area contributed by atoms with E-state index in [9.17, 15) is 0 Å². The smallest absolute Gasteiger partial charge is 0.121 e. The minimum absolute atomic E-state index is 0.0208. The molecule has 0 saturated carbocycles. The Morgan fingerprint density at radius 1 is 1.42 bits per heavy atom. The van der Waals surface area contributed by atoms with Gasteiger partial charge in [0.15, 0.2) is 0 Å². The average molecular weight is 264 g/mol. The van der Waals surface area contributed by atoms with E-state index in [0.29, 0.717) is 0 Å². The van der Waals surface area contributed by atoms with Crippen LogP contribution in [0.4, 0.5) is 5.69 Å². The molecule has 0 spiro atoms. The third-order valence-electron chi connectivity index (χ3n) is 3.25. The molecule has 1 fully saturated rings. The van der Waals surface area contributed by atoms with Crippen LogP contribution in [0, 0.1) is 0 Å². The van der Waals surface area contributed by atoms with Gasteiger partial charge in [-0.05, 0) is 32.4 Å². The summed E-state index contributed by atoms with van der Waals surface area (Å²) < 4.78 is 11.4. The van der Waals surface area contributed by atoms with Crippen LogP contribution in [-0.2, 0) is 4.74 Å². The number of morpholine rings is 1. The van der Waals surface area contributed by atoms with Gasteiger partial charge in [-0.1, -0.05) is 6.07 Å². The van der Waals surface area contributed by atoms with Crippen molar-refractivity contribution in [2.75, 3.05) is 38.6 Å². The van der Waals surface area contributed by atoms with E-state index in [-0.39, 0.29) is 5.60 Å². The van der Waals surface area contributed by atoms with Gasteiger partial charge in [0.1, 0.15) is 5.75 Å². The maximum Gasteiger partial charge on any atom is 0.121 e. The van der Waals surface area contributed by atoms with E-state index >= 15 is 0 Å². The highest BCUT2D eigenvalue weighted by Crippen LogP contribution is 2.17. The second-order valence-electron chi connectivity index (χ2n) is 5.66. The molecule has 2 rings (SSSR count). The van der Waals surface area contributed by atoms with E-state index in [4.69, 9.17) is 15.2 Å². The van der Waals surface area contributed by atoms with Crippen molar-refractivity contribution in [3.05, 3.63) is 24.3 Å². The summed E-state index contributed by atoms with van der Waals surface area (Å²) in [5.41, 5.74) is 6.43. The highest BCUT2D eigenvalue weighted by Gasteiger charge is 2.26. The number of nitrogen functional groups attached to an aromatic ring is 1. The number of anilines is 1. The van der Waals surface area contributed by atoms with E-state index < -0.39 is 0 Å². The number of nitrogens with two attached hydrogens (primary N) is 1. The van der Waals surface area contributed by atoms with Crippen LogP contribution in [0.25, 0.3) is 0 Å². The maximum atomic E-state index is 5.71. The van der Waals surface area contributed by atoms with Crippen molar-refractivity contribution in [3.8, 4) is 5.75 Å². The highest BCUT2D eigenvalue weighted by molar-refractivity contribution is 5.43. The Morgan fingerprint density at radius 3 is 3.00 bits per heavy atom. The number of ether oxygens (including phenoxy) is 2. The topological polar surface area (TPSA) is 47.7 Å². The van der Waals surface area contributed by atoms with E-state index in [1.165, 1.54) is 0 Å². The zero-order valence-electron chi connectivity index (χ0n) is 11.9. The molecule has 106 valence electrons. The summed E-state index contributed by atoms with van der Waals surface area (Å²) in [6.07, 6.45) is 1.02. The van der Waals surface area contributed by atoms with Crippen molar-refractivity contribution < 1.29 is 9.47 Å². The van der Waals surface area contributed by atoms with E-state index in [0.717, 1.165) is 50.7 Å². The lowest BCUT2D eigenvalue weighted by atomic mass is 10.1. The molecule has 1 aromatic rings. The summed E-state index contributed by atoms with van der Waals surface area (Å²) >= 11 is 0. The van der Waals surface area contributed by atoms with Crippen LogP contribution in [0.5, 0.6) is 5.75 Å². The van der Waals surface area contributed by atoms with Crippen molar-refractivity contribution in [1.82, 2.24) is 4.90 Å². The molecule has 0 radical (unpaired) electrons. The van der Waals surface area contributed by atoms with Crippen molar-refractivity contribution in [1.29, 1.82) is 0 Å². The molecule has 0 aromatic heterocycles. The Hall–Kier alpha value is -1.26. The number of hydrogen-bond acceptors (Lipinski definition) is 4. The number of hydrogen-bond donors (Lipinski definition) is 1. The van der Waals surface area contributed by atoms with E-state index in [2.05, 4.69) is 18.7 Å². The van der Waals surface area contributed by atoms with Crippen LogP contribution in [-0.4, -0.2) is 43.3 Å². The van der Waals surface area contributed by atoms with Gasteiger partial charge in [0.25, 0.3) is 0 Å². The lowest BCUT2D eigenvalue weighted by Crippen LogP contribution is -2.48. The predicted octanol–water partition coefficient (Wildman–Crippen LogP) is 2.15. The molecular weight excluding hydrogens is 240 g/mol. The van der Waals surface area contributed by atoms with Crippen molar-refractivity contribution in [2.24, 2.45) is 0 Å². The summed E-state index contributed by atoms with van der Waals surface area (Å²) in [5.74, 6) is 0.849. The Kier molecular flexibility index (Phi) is 4.66. The zero-order chi connectivity index (χ0) is 13.7. The van der Waals surface area contributed by atoms with Gasteiger partial charge in [-0.15, -0.1) is 0 Å². The minimum Gasteiger partial charge on any atom is -0.493 e. The van der Waals surface area contributed by atoms with Gasteiger partial charge in [0.2, 0.25) is 0 Å². The minimum atomic E-state index is -0.0208. The van der Waals surface area contributed by atoms with Gasteiger partial charge >= 0.3 is 0 Å². The first-order valence-corrected chi connectivity index (χ1v) is 6.90. The van der Waals surface area contributed by atoms with Gasteiger partial charge in [0, 0.05) is 31.4 Å². The van der Waals surface area contributed by atoms with Crippen LogP contribution < -0.4 is 10.5 Å². The SMILES string of the molecule is CC1(C)CN(CCCOc2cccc(N)c2)CCO1. The molecule has 1 heterocycles. The summed E-state index contributed by atoms with van der Waals surface area (Å²) in [5, 5.41) is 0. The molecule has 1 saturated heterocycles. The first-order chi connectivity index (χ1) is 9.05. The van der Waals surface area contributed by atoms with Gasteiger partial charge in [0.05, 0.1) is 18.8 Å². The fourth-order valence-electron chi connectivity index (χ4n) is 2.39. The molecule has 1 aliphatic rings. The highest BCUT2D eigenvalue weighted by atomic mass is 16.5. The molecule has 0 bridgehead atoms. The molecule has 1 aromatic carbocycles. The Morgan fingerprint density at radius 2 is 2.26 bits per heavy atom. The molecule has 2 N–H and O–H groups in total. The van der Waals surface area contributed by atoms with Crippen LogP contribution in [0.15, 0.2) is 24.3 Å². The van der Waals surface area contributed by atoms with Crippen LogP contribution in [0.1, 0.15) is 20.3 Å². The first-order valence-electron chi connectivity index (χ1n) is 6.90. The molecule has 19 heavy (non-hydrogen) atoms. The third-order valence-corrected chi connectivity index (χ3v) is 3.25. The van der Waals surface area contributed by atoms with Gasteiger partial charge < -0.3 is 15.2 Å². The fraction of sp³-hybridized carbons (Fsp3) is 0.600. The predicted molar refractivity (Wildman–Crippen MR) is 77.4 cm³/mol. The third kappa shape index (κ3) is 4.73. The summed E-state index contributed by atoms with van der Waals surface area (Å²) in [4.78, 5) is 2.44. The first kappa shape index (κ1) is 14.2. The normalized spacial score (nSPS) is 19.3. The largest absolute Gasteiger partial charge is 0.493 e. The van der Waals surface area contributed by atoms with Gasteiger partial charge in [-0.2, -0.15) is 0 Å². The van der Waals surface area contributed by atoms with Gasteiger partial charge in [-0.25, -0.2) is 0 Å². The van der Waals surface area contributed by atoms with Crippen LogP contribution in [0.2, 0.25) is 0 Å². The molecule has 0 amide bonds. The summed E-state index contributed by atoms with van der Waals surface area (Å²) in [6.45, 7) is 8.89. The van der Waals surface area contributed by atoms with Crippen LogP contribution in [0.3, 0.4) is 0 Å². The van der Waals surface area contributed by atoms with Crippen molar-refractivity contribution >= 4 is 5.69 Å². The molecule has 0 unspecified atom stereocenters. The second-order valence-corrected chi connectivity index (χ2v) is 5.66. The molecule has 4 nitrogen and oxygen atoms in total. The zero-order valence-corrected chi connectivity index (χ0v) is 11.9. The van der Waals surface area contributed by atoms with Crippen LogP contribution >= 0.6 is 0 Å². The Labute approximate surface area is 115 Å². The van der Waals surface area contributed by atoms with Crippen molar-refractivity contribution in [3.63, 3.8) is 0 Å². The molecular formula is C15H24N2O2. The molecule has 4 heteroatoms. The standard InChI is InChI=1S/C15H24N2O2/c1-15(2)12-17(8-10-19-15)7-4-9-18-14-6-3-5-13(16)11-14/h3,5-6,11H,4,7-10,12,16H2,1-2H3. The Bertz CT molecular complexity index is 407. The fourth-order valence-corrected chi connectivity index (χ4v) is 2.39. The summed E-state index contributed by atoms with van der Waals surface area (Å²) in [7, 11) is 0. The maximum absolute atomic E-state index is 5.71. The average Bonchev–Trinajstić information content (AvgIpc) is 2.34. The number of rotatable bonds is 5. The molecule has 0 aliphatic carbocycles. The molecule has 0 atom stereocenters. The lowest BCUT2D eigenvalue weighted by molar-refractivity contribution is -0.0864. The number of benzene rings is 1. The van der Waals surface area contributed by atoms with Crippen molar-refractivity contribution in [2.45, 2.75) is 25.9 Å². The van der Waals surface area contributed by atoms with E-state index in [1.54, 1.807) is 0 Å². The monoisotopic (exact) mass is 264 g/mol. The quantitative estimate of drug-likeness (QED) is 0.654. The summed E-state index contributed by atoms with van der Waals surface area (Å²) in [6, 6.07) is 7.57. The Balaban J connectivity index is 1.67. The number of nitrogens with zero attached hydrogens (tertiary/aromatic N) is 1. The lowest BCUT2D eigenvalue weighted by Gasteiger charge is -2.38.